The maximum Gasteiger partial charge on any atom is 0.344 e. The van der Waals surface area contributed by atoms with Crippen LogP contribution in [0.2, 0.25) is 10.0 Å². The van der Waals surface area contributed by atoms with Gasteiger partial charge in [-0.05, 0) is 12.1 Å². The molecule has 0 amide bonds. The van der Waals surface area contributed by atoms with Crippen molar-refractivity contribution in [2.75, 3.05) is 0 Å². The van der Waals surface area contributed by atoms with Gasteiger partial charge in [-0.25, -0.2) is 4.79 Å². The summed E-state index contributed by atoms with van der Waals surface area (Å²) in [6, 6.07) is 2.37. The first-order chi connectivity index (χ1) is 6.45. The van der Waals surface area contributed by atoms with Gasteiger partial charge in [-0.2, -0.15) is 0 Å². The van der Waals surface area contributed by atoms with Crippen LogP contribution in [-0.4, -0.2) is 16.0 Å². The Kier molecular flexibility index (Phi) is 2.93. The summed E-state index contributed by atoms with van der Waals surface area (Å²) in [6.07, 6.45) is 0. The normalized spacial score (nSPS) is 9.86. The van der Waals surface area contributed by atoms with Gasteiger partial charge in [0.15, 0.2) is 5.56 Å². The molecule has 1 N–H and O–H groups in total. The third-order valence-corrected chi connectivity index (χ3v) is 2.09. The Morgan fingerprint density at radius 3 is 2.21 bits per heavy atom. The molecule has 0 saturated heterocycles. The van der Waals surface area contributed by atoms with Crippen LogP contribution in [-0.2, 0) is 0 Å². The zero-order valence-corrected chi connectivity index (χ0v) is 8.04. The minimum Gasteiger partial charge on any atom is -0.477 e. The molecule has 14 heavy (non-hydrogen) atoms. The van der Waals surface area contributed by atoms with Gasteiger partial charge in [0, 0.05) is 0 Å². The number of carboxylic acid groups (broad SMARTS) is 1. The summed E-state index contributed by atoms with van der Waals surface area (Å²) in [5.41, 5.74) is -1.28. The third kappa shape index (κ3) is 1.78. The first kappa shape index (κ1) is 10.7. The van der Waals surface area contributed by atoms with Gasteiger partial charge in [-0.15, -0.1) is 0 Å². The SMILES string of the molecule is O=C(O)c1c(Cl)ccc(Cl)c1[N+](=O)[O-]. The monoisotopic (exact) mass is 235 g/mol. The van der Waals surface area contributed by atoms with E-state index in [0.717, 1.165) is 0 Å². The highest BCUT2D eigenvalue weighted by atomic mass is 35.5. The van der Waals surface area contributed by atoms with E-state index in [4.69, 9.17) is 28.3 Å². The molecule has 0 aliphatic carbocycles. The number of carbonyl (C=O) groups is 1. The zero-order chi connectivity index (χ0) is 10.9. The van der Waals surface area contributed by atoms with Crippen LogP contribution in [0.15, 0.2) is 12.1 Å². The van der Waals surface area contributed by atoms with E-state index in [1.54, 1.807) is 0 Å². The number of nitro groups is 1. The van der Waals surface area contributed by atoms with Gasteiger partial charge < -0.3 is 5.11 Å². The Morgan fingerprint density at radius 2 is 1.86 bits per heavy atom. The fourth-order valence-corrected chi connectivity index (χ4v) is 1.38. The number of benzene rings is 1. The molecule has 1 rings (SSSR count). The molecule has 0 aliphatic rings. The number of aromatic carboxylic acids is 1. The quantitative estimate of drug-likeness (QED) is 0.631. The van der Waals surface area contributed by atoms with Crippen molar-refractivity contribution in [1.29, 1.82) is 0 Å². The van der Waals surface area contributed by atoms with Crippen LogP contribution in [0.4, 0.5) is 5.69 Å². The lowest BCUT2D eigenvalue weighted by molar-refractivity contribution is -0.385. The minimum absolute atomic E-state index is 0.214. The van der Waals surface area contributed by atoms with E-state index < -0.39 is 22.1 Å². The molecular weight excluding hydrogens is 233 g/mol. The molecule has 0 saturated carbocycles. The van der Waals surface area contributed by atoms with Crippen LogP contribution < -0.4 is 0 Å². The van der Waals surface area contributed by atoms with Crippen molar-refractivity contribution < 1.29 is 14.8 Å². The van der Waals surface area contributed by atoms with E-state index in [1.165, 1.54) is 12.1 Å². The van der Waals surface area contributed by atoms with Gasteiger partial charge in [-0.3, -0.25) is 10.1 Å². The lowest BCUT2D eigenvalue weighted by atomic mass is 10.2. The topological polar surface area (TPSA) is 80.4 Å². The summed E-state index contributed by atoms with van der Waals surface area (Å²) in [5, 5.41) is 18.7. The average Bonchev–Trinajstić information content (AvgIpc) is 2.07. The Labute approximate surface area is 88.0 Å². The molecule has 0 fully saturated rings. The summed E-state index contributed by atoms with van der Waals surface area (Å²) < 4.78 is 0. The maximum atomic E-state index is 10.7. The summed E-state index contributed by atoms with van der Waals surface area (Å²) in [7, 11) is 0. The number of rotatable bonds is 2. The zero-order valence-electron chi connectivity index (χ0n) is 6.53. The first-order valence-corrected chi connectivity index (χ1v) is 4.06. The Balaban J connectivity index is 3.58. The van der Waals surface area contributed by atoms with Gasteiger partial charge in [0.2, 0.25) is 0 Å². The second-order valence-corrected chi connectivity index (χ2v) is 3.13. The Morgan fingerprint density at radius 1 is 1.36 bits per heavy atom. The van der Waals surface area contributed by atoms with Gasteiger partial charge in [-0.1, -0.05) is 23.2 Å². The lowest BCUT2D eigenvalue weighted by Gasteiger charge is -2.01. The molecule has 0 bridgehead atoms. The Hall–Kier alpha value is -1.33. The summed E-state index contributed by atoms with van der Waals surface area (Å²) >= 11 is 11.0. The Bertz CT molecular complexity index is 379. The molecular formula is C7H3Cl2NO4. The standard InChI is InChI=1S/C7H3Cl2NO4/c8-3-1-2-4(9)6(10(13)14)5(3)7(11)12/h1-2H,(H,11,12). The number of halogens is 2. The number of carboxylic acids is 1. The van der Waals surface area contributed by atoms with Crippen molar-refractivity contribution in [2.45, 2.75) is 0 Å². The molecule has 0 spiro atoms. The molecule has 7 heteroatoms. The number of nitro benzene ring substituents is 1. The maximum absolute atomic E-state index is 10.7. The lowest BCUT2D eigenvalue weighted by Crippen LogP contribution is -2.04. The average molecular weight is 236 g/mol. The highest BCUT2D eigenvalue weighted by molar-refractivity contribution is 6.37. The molecule has 0 unspecified atom stereocenters. The van der Waals surface area contributed by atoms with Crippen molar-refractivity contribution in [3.8, 4) is 0 Å². The van der Waals surface area contributed by atoms with E-state index >= 15 is 0 Å². The van der Waals surface area contributed by atoms with E-state index in [1.807, 2.05) is 0 Å². The molecule has 5 nitrogen and oxygen atoms in total. The predicted molar refractivity (Wildman–Crippen MR) is 50.1 cm³/mol. The van der Waals surface area contributed by atoms with Crippen LogP contribution in [0.1, 0.15) is 10.4 Å². The van der Waals surface area contributed by atoms with Gasteiger partial charge in [0.05, 0.1) is 9.95 Å². The highest BCUT2D eigenvalue weighted by Gasteiger charge is 2.26. The molecule has 0 heterocycles. The second-order valence-electron chi connectivity index (χ2n) is 2.32. The fraction of sp³-hybridized carbons (Fsp3) is 0. The molecule has 0 aliphatic heterocycles. The van der Waals surface area contributed by atoms with Crippen molar-refractivity contribution in [3.63, 3.8) is 0 Å². The molecule has 0 radical (unpaired) electrons. The molecule has 1 aromatic carbocycles. The minimum atomic E-state index is -1.48. The molecule has 1 aromatic rings. The van der Waals surface area contributed by atoms with Crippen molar-refractivity contribution in [1.82, 2.24) is 0 Å². The van der Waals surface area contributed by atoms with Gasteiger partial charge in [0.25, 0.3) is 0 Å². The van der Waals surface area contributed by atoms with Gasteiger partial charge >= 0.3 is 11.7 Å². The highest BCUT2D eigenvalue weighted by Crippen LogP contribution is 2.33. The van der Waals surface area contributed by atoms with E-state index in [0.29, 0.717) is 0 Å². The van der Waals surface area contributed by atoms with Crippen molar-refractivity contribution >= 4 is 34.9 Å². The fourth-order valence-electron chi connectivity index (χ4n) is 0.923. The van der Waals surface area contributed by atoms with Crippen LogP contribution in [0.3, 0.4) is 0 Å². The number of nitrogens with zero attached hydrogens (tertiary/aromatic N) is 1. The number of hydrogen-bond acceptors (Lipinski definition) is 3. The number of hydrogen-bond donors (Lipinski definition) is 1. The summed E-state index contributed by atoms with van der Waals surface area (Å²) in [6.45, 7) is 0. The first-order valence-electron chi connectivity index (χ1n) is 3.31. The van der Waals surface area contributed by atoms with E-state index in [2.05, 4.69) is 0 Å². The predicted octanol–water partition coefficient (Wildman–Crippen LogP) is 2.60. The van der Waals surface area contributed by atoms with Crippen LogP contribution in [0, 0.1) is 10.1 Å². The third-order valence-electron chi connectivity index (χ3n) is 1.47. The molecule has 0 atom stereocenters. The second kappa shape index (κ2) is 3.81. The van der Waals surface area contributed by atoms with Crippen molar-refractivity contribution in [3.05, 3.63) is 37.9 Å². The summed E-state index contributed by atoms with van der Waals surface area (Å²) in [4.78, 5) is 20.3. The summed E-state index contributed by atoms with van der Waals surface area (Å²) in [5.74, 6) is -1.48. The van der Waals surface area contributed by atoms with Gasteiger partial charge in [0.1, 0.15) is 5.02 Å². The van der Waals surface area contributed by atoms with Crippen LogP contribution in [0.5, 0.6) is 0 Å². The van der Waals surface area contributed by atoms with Crippen molar-refractivity contribution in [2.24, 2.45) is 0 Å². The van der Waals surface area contributed by atoms with Crippen LogP contribution in [0.25, 0.3) is 0 Å². The molecule has 74 valence electrons. The molecule has 0 aromatic heterocycles. The van der Waals surface area contributed by atoms with E-state index in [-0.39, 0.29) is 10.0 Å². The van der Waals surface area contributed by atoms with E-state index in [9.17, 15) is 14.9 Å². The smallest absolute Gasteiger partial charge is 0.344 e. The largest absolute Gasteiger partial charge is 0.477 e. The van der Waals surface area contributed by atoms with Crippen LogP contribution >= 0.6 is 23.2 Å².